The minimum atomic E-state index is 0.168. The summed E-state index contributed by atoms with van der Waals surface area (Å²) in [4.78, 5) is 14.0. The van der Waals surface area contributed by atoms with E-state index in [1.165, 1.54) is 0 Å². The van der Waals surface area contributed by atoms with Crippen LogP contribution in [0.3, 0.4) is 0 Å². The van der Waals surface area contributed by atoms with Crippen molar-refractivity contribution in [3.8, 4) is 0 Å². The Hall–Kier alpha value is -1.25. The average molecular weight is 221 g/mol. The van der Waals surface area contributed by atoms with E-state index in [0.717, 1.165) is 25.1 Å². The summed E-state index contributed by atoms with van der Waals surface area (Å²) in [7, 11) is 0. The van der Waals surface area contributed by atoms with E-state index in [2.05, 4.69) is 13.8 Å². The largest absolute Gasteiger partial charge is 0.467 e. The van der Waals surface area contributed by atoms with Crippen LogP contribution in [0.1, 0.15) is 44.9 Å². The van der Waals surface area contributed by atoms with Crippen molar-refractivity contribution >= 4 is 5.91 Å². The molecule has 2 heterocycles. The van der Waals surface area contributed by atoms with Crippen LogP contribution in [0.2, 0.25) is 0 Å². The second-order valence-corrected chi connectivity index (χ2v) is 4.86. The second kappa shape index (κ2) is 4.73. The lowest BCUT2D eigenvalue weighted by Gasteiger charge is -2.23. The fourth-order valence-corrected chi connectivity index (χ4v) is 2.31. The summed E-state index contributed by atoms with van der Waals surface area (Å²) in [6.07, 6.45) is 4.42. The molecular weight excluding hydrogens is 202 g/mol. The van der Waals surface area contributed by atoms with E-state index in [9.17, 15) is 4.79 Å². The van der Waals surface area contributed by atoms with E-state index in [0.29, 0.717) is 12.3 Å². The summed E-state index contributed by atoms with van der Waals surface area (Å²) in [5.41, 5.74) is 0. The molecule has 0 N–H and O–H groups in total. The van der Waals surface area contributed by atoms with Crippen molar-refractivity contribution < 1.29 is 9.21 Å². The fraction of sp³-hybridized carbons (Fsp3) is 0.615. The molecule has 88 valence electrons. The Labute approximate surface area is 96.4 Å². The van der Waals surface area contributed by atoms with E-state index < -0.39 is 0 Å². The molecule has 0 aliphatic carbocycles. The van der Waals surface area contributed by atoms with Crippen LogP contribution < -0.4 is 0 Å². The zero-order chi connectivity index (χ0) is 11.5. The van der Waals surface area contributed by atoms with Gasteiger partial charge >= 0.3 is 0 Å². The maximum Gasteiger partial charge on any atom is 0.223 e. The molecule has 1 saturated heterocycles. The van der Waals surface area contributed by atoms with Crippen LogP contribution in [0.4, 0.5) is 0 Å². The first-order valence-electron chi connectivity index (χ1n) is 6.01. The maximum atomic E-state index is 12.0. The Kier molecular flexibility index (Phi) is 3.32. The minimum absolute atomic E-state index is 0.168. The lowest BCUT2D eigenvalue weighted by Crippen LogP contribution is -2.31. The minimum Gasteiger partial charge on any atom is -0.467 e. The molecule has 1 aliphatic heterocycles. The van der Waals surface area contributed by atoms with Gasteiger partial charge in [0.25, 0.3) is 0 Å². The molecule has 1 amide bonds. The van der Waals surface area contributed by atoms with Gasteiger partial charge in [-0.2, -0.15) is 0 Å². The van der Waals surface area contributed by atoms with Gasteiger partial charge < -0.3 is 9.32 Å². The lowest BCUT2D eigenvalue weighted by atomic mass is 10.1. The number of likely N-dealkylation sites (tertiary alicyclic amines) is 1. The van der Waals surface area contributed by atoms with Crippen molar-refractivity contribution in [3.05, 3.63) is 24.2 Å². The fourth-order valence-electron chi connectivity index (χ4n) is 2.31. The van der Waals surface area contributed by atoms with Crippen molar-refractivity contribution in [2.75, 3.05) is 6.54 Å². The number of amides is 1. The van der Waals surface area contributed by atoms with E-state index >= 15 is 0 Å². The van der Waals surface area contributed by atoms with Gasteiger partial charge in [-0.15, -0.1) is 0 Å². The van der Waals surface area contributed by atoms with Crippen molar-refractivity contribution in [3.63, 3.8) is 0 Å². The molecule has 0 unspecified atom stereocenters. The molecule has 3 heteroatoms. The summed E-state index contributed by atoms with van der Waals surface area (Å²) in [6.45, 7) is 5.03. The Bertz CT molecular complexity index is 343. The van der Waals surface area contributed by atoms with Crippen LogP contribution in [-0.2, 0) is 4.79 Å². The number of carbonyl (C=O) groups is 1. The SMILES string of the molecule is CC(C)CC(=O)N1CCC[C@@H]1c1ccco1. The van der Waals surface area contributed by atoms with Crippen molar-refractivity contribution in [1.29, 1.82) is 0 Å². The standard InChI is InChI=1S/C13H19NO2/c1-10(2)9-13(15)14-7-3-5-11(14)12-6-4-8-16-12/h4,6,8,10-11H,3,5,7,9H2,1-2H3/t11-/m1/s1. The number of hydrogen-bond donors (Lipinski definition) is 0. The van der Waals surface area contributed by atoms with Crippen molar-refractivity contribution in [1.82, 2.24) is 4.90 Å². The van der Waals surface area contributed by atoms with Gasteiger partial charge in [-0.25, -0.2) is 0 Å². The predicted molar refractivity (Wildman–Crippen MR) is 61.9 cm³/mol. The van der Waals surface area contributed by atoms with Crippen molar-refractivity contribution in [2.45, 2.75) is 39.2 Å². The molecule has 2 rings (SSSR count). The lowest BCUT2D eigenvalue weighted by molar-refractivity contribution is -0.133. The van der Waals surface area contributed by atoms with E-state index in [1.807, 2.05) is 17.0 Å². The highest BCUT2D eigenvalue weighted by atomic mass is 16.3. The van der Waals surface area contributed by atoms with Crippen LogP contribution in [0, 0.1) is 5.92 Å². The van der Waals surface area contributed by atoms with Crippen LogP contribution in [0.25, 0.3) is 0 Å². The molecule has 16 heavy (non-hydrogen) atoms. The highest BCUT2D eigenvalue weighted by molar-refractivity contribution is 5.77. The molecule has 1 aromatic rings. The number of furan rings is 1. The van der Waals surface area contributed by atoms with Crippen molar-refractivity contribution in [2.24, 2.45) is 5.92 Å². The molecule has 1 aromatic heterocycles. The molecule has 1 fully saturated rings. The number of carbonyl (C=O) groups excluding carboxylic acids is 1. The van der Waals surface area contributed by atoms with Gasteiger partial charge in [-0.05, 0) is 30.9 Å². The summed E-state index contributed by atoms with van der Waals surface area (Å²) in [6, 6.07) is 4.02. The first kappa shape index (κ1) is 11.2. The second-order valence-electron chi connectivity index (χ2n) is 4.86. The first-order chi connectivity index (χ1) is 7.68. The van der Waals surface area contributed by atoms with Gasteiger partial charge in [0.2, 0.25) is 5.91 Å². The normalized spacial score (nSPS) is 20.7. The molecule has 0 radical (unpaired) electrons. The average Bonchev–Trinajstić information content (AvgIpc) is 2.87. The third kappa shape index (κ3) is 2.29. The monoisotopic (exact) mass is 221 g/mol. The summed E-state index contributed by atoms with van der Waals surface area (Å²) in [5, 5.41) is 0. The predicted octanol–water partition coefficient (Wildman–Crippen LogP) is 2.99. The third-order valence-corrected chi connectivity index (χ3v) is 3.03. The number of nitrogens with zero attached hydrogens (tertiary/aromatic N) is 1. The quantitative estimate of drug-likeness (QED) is 0.786. The highest BCUT2D eigenvalue weighted by Gasteiger charge is 2.31. The smallest absolute Gasteiger partial charge is 0.223 e. The molecule has 1 atom stereocenters. The Balaban J connectivity index is 2.06. The zero-order valence-electron chi connectivity index (χ0n) is 9.98. The Morgan fingerprint density at radius 2 is 2.44 bits per heavy atom. The summed E-state index contributed by atoms with van der Waals surface area (Å²) >= 11 is 0. The van der Waals surface area contributed by atoms with E-state index in [4.69, 9.17) is 4.42 Å². The van der Waals surface area contributed by atoms with Gasteiger partial charge in [-0.3, -0.25) is 4.79 Å². The van der Waals surface area contributed by atoms with Crippen LogP contribution >= 0.6 is 0 Å². The van der Waals surface area contributed by atoms with E-state index in [1.54, 1.807) is 6.26 Å². The molecule has 3 nitrogen and oxygen atoms in total. The number of hydrogen-bond acceptors (Lipinski definition) is 2. The molecule has 0 spiro atoms. The van der Waals surface area contributed by atoms with Crippen LogP contribution in [-0.4, -0.2) is 17.4 Å². The molecule has 1 aliphatic rings. The van der Waals surface area contributed by atoms with Crippen LogP contribution in [0.5, 0.6) is 0 Å². The van der Waals surface area contributed by atoms with E-state index in [-0.39, 0.29) is 11.9 Å². The zero-order valence-corrected chi connectivity index (χ0v) is 9.98. The number of rotatable bonds is 3. The topological polar surface area (TPSA) is 33.5 Å². The van der Waals surface area contributed by atoms with Gasteiger partial charge in [-0.1, -0.05) is 13.8 Å². The molecule has 0 aromatic carbocycles. The highest BCUT2D eigenvalue weighted by Crippen LogP contribution is 2.32. The van der Waals surface area contributed by atoms with Crippen LogP contribution in [0.15, 0.2) is 22.8 Å². The van der Waals surface area contributed by atoms with Gasteiger partial charge in [0.15, 0.2) is 0 Å². The third-order valence-electron chi connectivity index (χ3n) is 3.03. The van der Waals surface area contributed by atoms with Gasteiger partial charge in [0.05, 0.1) is 12.3 Å². The van der Waals surface area contributed by atoms with Gasteiger partial charge in [0, 0.05) is 13.0 Å². The molecule has 0 saturated carbocycles. The Morgan fingerprint density at radius 1 is 1.62 bits per heavy atom. The maximum absolute atomic E-state index is 12.0. The summed E-state index contributed by atoms with van der Waals surface area (Å²) in [5.74, 6) is 1.61. The first-order valence-corrected chi connectivity index (χ1v) is 6.01. The Morgan fingerprint density at radius 3 is 3.06 bits per heavy atom. The van der Waals surface area contributed by atoms with Gasteiger partial charge in [0.1, 0.15) is 5.76 Å². The summed E-state index contributed by atoms with van der Waals surface area (Å²) < 4.78 is 5.41. The molecular formula is C13H19NO2. The molecule has 0 bridgehead atoms.